The molecule has 0 unspecified atom stereocenters. The van der Waals surface area contributed by atoms with Gasteiger partial charge in [-0.2, -0.15) is 5.10 Å². The third-order valence-corrected chi connectivity index (χ3v) is 4.84. The van der Waals surface area contributed by atoms with Gasteiger partial charge in [0.05, 0.1) is 31.3 Å². The number of ether oxygens (including phenoxy) is 2. The molecule has 0 aliphatic rings. The van der Waals surface area contributed by atoms with Crippen LogP contribution in [0.1, 0.15) is 22.5 Å². The second-order valence-electron chi connectivity index (χ2n) is 6.96. The van der Waals surface area contributed by atoms with E-state index in [2.05, 4.69) is 18.2 Å². The maximum atomic E-state index is 5.33. The van der Waals surface area contributed by atoms with Gasteiger partial charge in [-0.1, -0.05) is 54.6 Å². The Labute approximate surface area is 182 Å². The fraction of sp³-hybridized carbons (Fsp3) is 0.0741. The van der Waals surface area contributed by atoms with Crippen molar-refractivity contribution in [3.8, 4) is 17.2 Å². The monoisotopic (exact) mass is 408 g/mol. The van der Waals surface area contributed by atoms with Crippen molar-refractivity contribution in [2.45, 2.75) is 0 Å². The van der Waals surface area contributed by atoms with Gasteiger partial charge in [0.1, 0.15) is 11.5 Å². The van der Waals surface area contributed by atoms with Crippen molar-refractivity contribution >= 4 is 24.3 Å². The summed E-state index contributed by atoms with van der Waals surface area (Å²) in [4.78, 5) is 0. The third kappa shape index (κ3) is 5.11. The lowest BCUT2D eigenvalue weighted by Gasteiger charge is -2.04. The Morgan fingerprint density at radius 1 is 0.645 bits per heavy atom. The largest absolute Gasteiger partial charge is 0.497 e. The Kier molecular flexibility index (Phi) is 6.29. The lowest BCUT2D eigenvalue weighted by molar-refractivity contribution is 0.414. The molecule has 0 amide bonds. The molecule has 0 saturated carbocycles. The minimum absolute atomic E-state index is 0.832. The van der Waals surface area contributed by atoms with Crippen molar-refractivity contribution in [1.82, 2.24) is 9.78 Å². The van der Waals surface area contributed by atoms with Gasteiger partial charge in [-0.05, 0) is 65.7 Å². The molecular formula is C27H24N2O2. The Morgan fingerprint density at radius 2 is 1.26 bits per heavy atom. The third-order valence-electron chi connectivity index (χ3n) is 4.84. The summed E-state index contributed by atoms with van der Waals surface area (Å²) < 4.78 is 12.6. The highest BCUT2D eigenvalue weighted by molar-refractivity contribution is 5.73. The Balaban J connectivity index is 1.67. The number of methoxy groups -OCH3 is 2. The van der Waals surface area contributed by atoms with Crippen molar-refractivity contribution in [1.29, 1.82) is 0 Å². The first-order chi connectivity index (χ1) is 15.2. The van der Waals surface area contributed by atoms with E-state index < -0.39 is 0 Å². The van der Waals surface area contributed by atoms with Crippen LogP contribution in [-0.4, -0.2) is 24.0 Å². The summed E-state index contributed by atoms with van der Waals surface area (Å²) in [5, 5.41) is 4.81. The van der Waals surface area contributed by atoms with E-state index in [0.717, 1.165) is 39.7 Å². The van der Waals surface area contributed by atoms with Gasteiger partial charge < -0.3 is 9.47 Å². The molecule has 4 heteroatoms. The second-order valence-corrected chi connectivity index (χ2v) is 6.96. The molecule has 4 aromatic rings. The fourth-order valence-corrected chi connectivity index (χ4v) is 3.24. The minimum Gasteiger partial charge on any atom is -0.497 e. The van der Waals surface area contributed by atoms with Gasteiger partial charge in [-0.15, -0.1) is 0 Å². The standard InChI is InChI=1S/C27H24N2O2/c1-30-26-12-6-8-21(18-26)14-16-23-20-25(29(28-23)24-10-4-3-5-11-24)17-15-22-9-7-13-27(19-22)31-2/h3-20H,1-2H3. The molecule has 4 rings (SSSR count). The van der Waals surface area contributed by atoms with Crippen LogP contribution in [0.2, 0.25) is 0 Å². The van der Waals surface area contributed by atoms with Gasteiger partial charge in [-0.25, -0.2) is 4.68 Å². The van der Waals surface area contributed by atoms with E-state index in [1.54, 1.807) is 14.2 Å². The Bertz CT molecular complexity index is 1210. The molecule has 0 saturated heterocycles. The van der Waals surface area contributed by atoms with Crippen LogP contribution in [0.3, 0.4) is 0 Å². The maximum Gasteiger partial charge on any atom is 0.119 e. The zero-order valence-corrected chi connectivity index (χ0v) is 17.6. The number of para-hydroxylation sites is 1. The smallest absolute Gasteiger partial charge is 0.119 e. The predicted octanol–water partition coefficient (Wildman–Crippen LogP) is 6.23. The average molecular weight is 409 g/mol. The van der Waals surface area contributed by atoms with E-state index in [0.29, 0.717) is 0 Å². The first-order valence-electron chi connectivity index (χ1n) is 10.0. The summed E-state index contributed by atoms with van der Waals surface area (Å²) in [7, 11) is 3.35. The summed E-state index contributed by atoms with van der Waals surface area (Å²) in [5.74, 6) is 1.67. The predicted molar refractivity (Wildman–Crippen MR) is 127 cm³/mol. The van der Waals surface area contributed by atoms with Crippen LogP contribution in [0.4, 0.5) is 0 Å². The molecule has 154 valence electrons. The second kappa shape index (κ2) is 9.63. The zero-order valence-electron chi connectivity index (χ0n) is 17.6. The van der Waals surface area contributed by atoms with Crippen LogP contribution in [-0.2, 0) is 0 Å². The number of rotatable bonds is 7. The lowest BCUT2D eigenvalue weighted by atomic mass is 10.1. The van der Waals surface area contributed by atoms with Crippen molar-refractivity contribution in [2.75, 3.05) is 14.2 Å². The molecule has 3 aromatic carbocycles. The summed E-state index contributed by atoms with van der Waals surface area (Å²) in [5.41, 5.74) is 4.99. The summed E-state index contributed by atoms with van der Waals surface area (Å²) in [6.07, 6.45) is 8.18. The highest BCUT2D eigenvalue weighted by Gasteiger charge is 2.06. The quantitative estimate of drug-likeness (QED) is 0.364. The van der Waals surface area contributed by atoms with E-state index in [-0.39, 0.29) is 0 Å². The SMILES string of the molecule is COc1cccc(C=Cc2cc(C=Cc3cccc(OC)c3)n(-c3ccccc3)n2)c1. The molecule has 0 radical (unpaired) electrons. The maximum absolute atomic E-state index is 5.33. The van der Waals surface area contributed by atoms with Crippen molar-refractivity contribution in [3.05, 3.63) is 107 Å². The molecule has 0 fully saturated rings. The van der Waals surface area contributed by atoms with Crippen LogP contribution < -0.4 is 9.47 Å². The number of aromatic nitrogens is 2. The average Bonchev–Trinajstić information content (AvgIpc) is 3.25. The van der Waals surface area contributed by atoms with Crippen LogP contribution in [0, 0.1) is 0 Å². The highest BCUT2D eigenvalue weighted by Crippen LogP contribution is 2.20. The van der Waals surface area contributed by atoms with E-state index in [4.69, 9.17) is 14.6 Å². The Morgan fingerprint density at radius 3 is 1.87 bits per heavy atom. The normalized spacial score (nSPS) is 11.3. The molecule has 0 atom stereocenters. The van der Waals surface area contributed by atoms with E-state index in [1.807, 2.05) is 95.7 Å². The molecule has 0 aliphatic heterocycles. The van der Waals surface area contributed by atoms with E-state index in [9.17, 15) is 0 Å². The molecule has 0 N–H and O–H groups in total. The Hall–Kier alpha value is -4.05. The van der Waals surface area contributed by atoms with Gasteiger partial charge >= 0.3 is 0 Å². The molecular weight excluding hydrogens is 384 g/mol. The number of benzene rings is 3. The number of hydrogen-bond acceptors (Lipinski definition) is 3. The van der Waals surface area contributed by atoms with Gasteiger partial charge in [0.15, 0.2) is 0 Å². The van der Waals surface area contributed by atoms with Crippen molar-refractivity contribution in [3.63, 3.8) is 0 Å². The molecule has 4 nitrogen and oxygen atoms in total. The van der Waals surface area contributed by atoms with E-state index >= 15 is 0 Å². The number of nitrogens with zero attached hydrogens (tertiary/aromatic N) is 2. The van der Waals surface area contributed by atoms with Crippen LogP contribution in [0.15, 0.2) is 84.9 Å². The van der Waals surface area contributed by atoms with Crippen molar-refractivity contribution in [2.24, 2.45) is 0 Å². The first-order valence-corrected chi connectivity index (χ1v) is 10.0. The minimum atomic E-state index is 0.832. The van der Waals surface area contributed by atoms with Gasteiger partial charge in [0.2, 0.25) is 0 Å². The van der Waals surface area contributed by atoms with Crippen LogP contribution in [0.5, 0.6) is 11.5 Å². The van der Waals surface area contributed by atoms with Crippen LogP contribution >= 0.6 is 0 Å². The zero-order chi connectivity index (χ0) is 21.5. The molecule has 1 aromatic heterocycles. The van der Waals surface area contributed by atoms with Gasteiger partial charge in [0.25, 0.3) is 0 Å². The first kappa shape index (κ1) is 20.2. The lowest BCUT2D eigenvalue weighted by Crippen LogP contribution is -1.98. The molecule has 0 bridgehead atoms. The highest BCUT2D eigenvalue weighted by atomic mass is 16.5. The number of hydrogen-bond donors (Lipinski definition) is 0. The molecule has 31 heavy (non-hydrogen) atoms. The molecule has 1 heterocycles. The van der Waals surface area contributed by atoms with E-state index in [1.165, 1.54) is 0 Å². The summed E-state index contributed by atoms with van der Waals surface area (Å²) in [6.45, 7) is 0. The molecule has 0 aliphatic carbocycles. The fourth-order valence-electron chi connectivity index (χ4n) is 3.24. The van der Waals surface area contributed by atoms with Gasteiger partial charge in [0, 0.05) is 0 Å². The van der Waals surface area contributed by atoms with Gasteiger partial charge in [-0.3, -0.25) is 0 Å². The van der Waals surface area contributed by atoms with Crippen LogP contribution in [0.25, 0.3) is 30.0 Å². The topological polar surface area (TPSA) is 36.3 Å². The summed E-state index contributed by atoms with van der Waals surface area (Å²) >= 11 is 0. The van der Waals surface area contributed by atoms with Crippen molar-refractivity contribution < 1.29 is 9.47 Å². The summed E-state index contributed by atoms with van der Waals surface area (Å²) in [6, 6.07) is 28.1. The molecule has 0 spiro atoms.